The average molecular weight is 252 g/mol. The van der Waals surface area contributed by atoms with E-state index in [1.807, 2.05) is 11.6 Å². The van der Waals surface area contributed by atoms with Crippen molar-refractivity contribution in [1.82, 2.24) is 15.0 Å². The summed E-state index contributed by atoms with van der Waals surface area (Å²) in [4.78, 5) is 0. The Bertz CT molecular complexity index is 411. The zero-order valence-electron chi connectivity index (χ0n) is 11.4. The van der Waals surface area contributed by atoms with Gasteiger partial charge in [0.25, 0.3) is 0 Å². The monoisotopic (exact) mass is 252 g/mol. The Morgan fingerprint density at radius 3 is 2.67 bits per heavy atom. The van der Waals surface area contributed by atoms with Crippen LogP contribution in [0.5, 0.6) is 0 Å². The van der Waals surface area contributed by atoms with Gasteiger partial charge in [-0.05, 0) is 13.3 Å². The molecule has 0 N–H and O–H groups in total. The maximum absolute atomic E-state index is 8.81. The van der Waals surface area contributed by atoms with E-state index in [1.54, 1.807) is 14.2 Å². The Labute approximate surface area is 107 Å². The van der Waals surface area contributed by atoms with Gasteiger partial charge in [0.15, 0.2) is 0 Å². The van der Waals surface area contributed by atoms with Crippen molar-refractivity contribution >= 4 is 0 Å². The molecule has 0 aliphatic rings. The number of nitrogens with zero attached hydrogens (tertiary/aromatic N) is 4. The van der Waals surface area contributed by atoms with Crippen LogP contribution in [0.2, 0.25) is 0 Å². The van der Waals surface area contributed by atoms with Crippen LogP contribution in [0.25, 0.3) is 0 Å². The summed E-state index contributed by atoms with van der Waals surface area (Å²) in [6, 6.07) is 2.22. The van der Waals surface area contributed by atoms with Crippen molar-refractivity contribution < 1.29 is 9.47 Å². The van der Waals surface area contributed by atoms with Crippen molar-refractivity contribution in [2.45, 2.75) is 38.8 Å². The van der Waals surface area contributed by atoms with Gasteiger partial charge >= 0.3 is 0 Å². The molecule has 0 saturated carbocycles. The Hall–Kier alpha value is -1.45. The lowest BCUT2D eigenvalue weighted by molar-refractivity contribution is 0.0988. The quantitative estimate of drug-likeness (QED) is 0.737. The lowest BCUT2D eigenvalue weighted by atomic mass is 10.1. The summed E-state index contributed by atoms with van der Waals surface area (Å²) < 4.78 is 12.4. The molecule has 6 nitrogen and oxygen atoms in total. The fourth-order valence-corrected chi connectivity index (χ4v) is 1.89. The molecule has 1 aromatic rings. The molecule has 0 saturated heterocycles. The van der Waals surface area contributed by atoms with Crippen LogP contribution in [0.4, 0.5) is 0 Å². The summed E-state index contributed by atoms with van der Waals surface area (Å²) in [6.45, 7) is 4.56. The zero-order chi connectivity index (χ0) is 13.5. The molecule has 0 spiro atoms. The first-order valence-corrected chi connectivity index (χ1v) is 6.02. The van der Waals surface area contributed by atoms with Crippen LogP contribution in [0, 0.1) is 11.3 Å². The van der Waals surface area contributed by atoms with Gasteiger partial charge in [-0.1, -0.05) is 12.1 Å². The Morgan fingerprint density at radius 2 is 2.17 bits per heavy atom. The zero-order valence-corrected chi connectivity index (χ0v) is 11.4. The van der Waals surface area contributed by atoms with E-state index in [4.69, 9.17) is 14.7 Å². The summed E-state index contributed by atoms with van der Waals surface area (Å²) in [5.41, 5.74) is 1.55. The third-order valence-corrected chi connectivity index (χ3v) is 2.97. The average Bonchev–Trinajstić information content (AvgIpc) is 2.79. The normalized spacial score (nSPS) is 14.2. The third kappa shape index (κ3) is 3.06. The van der Waals surface area contributed by atoms with Crippen LogP contribution in [-0.4, -0.2) is 35.8 Å². The molecule has 100 valence electrons. The highest BCUT2D eigenvalue weighted by atomic mass is 16.5. The maximum atomic E-state index is 8.81. The standard InChI is InChI=1S/C12H20N4O2/c1-5-10(8-17-3)16-12(9(2)18-4)11(6-7-13)14-15-16/h9-10H,5-6,8H2,1-4H3. The molecule has 2 atom stereocenters. The number of methoxy groups -OCH3 is 2. The molecule has 18 heavy (non-hydrogen) atoms. The molecule has 2 unspecified atom stereocenters. The fraction of sp³-hybridized carbons (Fsp3) is 0.750. The van der Waals surface area contributed by atoms with Gasteiger partial charge in [-0.3, -0.25) is 0 Å². The van der Waals surface area contributed by atoms with Crippen LogP contribution >= 0.6 is 0 Å². The molecule has 6 heteroatoms. The summed E-state index contributed by atoms with van der Waals surface area (Å²) in [6.07, 6.45) is 0.980. The highest BCUT2D eigenvalue weighted by Crippen LogP contribution is 2.24. The van der Waals surface area contributed by atoms with Gasteiger partial charge < -0.3 is 9.47 Å². The Balaban J connectivity index is 3.14. The van der Waals surface area contributed by atoms with E-state index in [2.05, 4.69) is 23.3 Å². The maximum Gasteiger partial charge on any atom is 0.103 e. The third-order valence-electron chi connectivity index (χ3n) is 2.97. The molecule has 0 bridgehead atoms. The number of nitriles is 1. The molecule has 1 heterocycles. The Kier molecular flexibility index (Phi) is 5.75. The van der Waals surface area contributed by atoms with E-state index in [1.165, 1.54) is 0 Å². The second-order valence-electron chi connectivity index (χ2n) is 4.10. The molecular formula is C12H20N4O2. The van der Waals surface area contributed by atoms with Gasteiger partial charge in [0, 0.05) is 14.2 Å². The lowest BCUT2D eigenvalue weighted by Crippen LogP contribution is -2.20. The van der Waals surface area contributed by atoms with Crippen LogP contribution in [0.3, 0.4) is 0 Å². The molecule has 0 amide bonds. The summed E-state index contributed by atoms with van der Waals surface area (Å²) in [5.74, 6) is 0. The summed E-state index contributed by atoms with van der Waals surface area (Å²) >= 11 is 0. The van der Waals surface area contributed by atoms with Crippen molar-refractivity contribution in [3.05, 3.63) is 11.4 Å². The molecule has 0 aliphatic carbocycles. The number of ether oxygens (including phenoxy) is 2. The first-order chi connectivity index (χ1) is 8.69. The predicted octanol–water partition coefficient (Wildman–Crippen LogP) is 1.65. The van der Waals surface area contributed by atoms with Crippen LogP contribution < -0.4 is 0 Å². The fourth-order valence-electron chi connectivity index (χ4n) is 1.89. The second kappa shape index (κ2) is 7.09. The van der Waals surface area contributed by atoms with E-state index in [0.717, 1.165) is 12.1 Å². The minimum absolute atomic E-state index is 0.113. The molecular weight excluding hydrogens is 232 g/mol. The summed E-state index contributed by atoms with van der Waals surface area (Å²) in [5, 5.41) is 17.0. The first kappa shape index (κ1) is 14.6. The molecule has 0 radical (unpaired) electrons. The van der Waals surface area contributed by atoms with Gasteiger partial charge in [-0.15, -0.1) is 5.10 Å². The minimum atomic E-state index is -0.144. The van der Waals surface area contributed by atoms with E-state index in [-0.39, 0.29) is 18.6 Å². The topological polar surface area (TPSA) is 73.0 Å². The Morgan fingerprint density at radius 1 is 1.44 bits per heavy atom. The van der Waals surface area contributed by atoms with Crippen molar-refractivity contribution in [3.63, 3.8) is 0 Å². The van der Waals surface area contributed by atoms with Crippen LogP contribution in [0.15, 0.2) is 0 Å². The van der Waals surface area contributed by atoms with Crippen molar-refractivity contribution in [1.29, 1.82) is 5.26 Å². The molecule has 0 aromatic carbocycles. The van der Waals surface area contributed by atoms with Crippen molar-refractivity contribution in [2.24, 2.45) is 0 Å². The predicted molar refractivity (Wildman–Crippen MR) is 66.0 cm³/mol. The van der Waals surface area contributed by atoms with Gasteiger partial charge in [0.1, 0.15) is 5.69 Å². The smallest absolute Gasteiger partial charge is 0.103 e. The highest BCUT2D eigenvalue weighted by molar-refractivity contribution is 5.17. The highest BCUT2D eigenvalue weighted by Gasteiger charge is 2.23. The van der Waals surface area contributed by atoms with Crippen molar-refractivity contribution in [3.8, 4) is 6.07 Å². The van der Waals surface area contributed by atoms with Gasteiger partial charge in [-0.2, -0.15) is 5.26 Å². The van der Waals surface area contributed by atoms with E-state index in [0.29, 0.717) is 12.3 Å². The number of hydrogen-bond donors (Lipinski definition) is 0. The molecule has 1 aromatic heterocycles. The minimum Gasteiger partial charge on any atom is -0.382 e. The second-order valence-corrected chi connectivity index (χ2v) is 4.10. The van der Waals surface area contributed by atoms with E-state index >= 15 is 0 Å². The van der Waals surface area contributed by atoms with E-state index in [9.17, 15) is 0 Å². The van der Waals surface area contributed by atoms with Gasteiger partial charge in [0.05, 0.1) is 36.9 Å². The van der Waals surface area contributed by atoms with Gasteiger partial charge in [0.2, 0.25) is 0 Å². The molecule has 1 rings (SSSR count). The summed E-state index contributed by atoms with van der Waals surface area (Å²) in [7, 11) is 3.30. The largest absolute Gasteiger partial charge is 0.382 e. The molecule has 0 aliphatic heterocycles. The van der Waals surface area contributed by atoms with Crippen LogP contribution in [-0.2, 0) is 15.9 Å². The molecule has 0 fully saturated rings. The number of rotatable bonds is 7. The van der Waals surface area contributed by atoms with Crippen molar-refractivity contribution in [2.75, 3.05) is 20.8 Å². The first-order valence-electron chi connectivity index (χ1n) is 6.02. The SMILES string of the molecule is CCC(COC)n1nnc(CC#N)c1C(C)OC. The van der Waals surface area contributed by atoms with E-state index < -0.39 is 0 Å². The number of aromatic nitrogens is 3. The number of hydrogen-bond acceptors (Lipinski definition) is 5. The van der Waals surface area contributed by atoms with Crippen LogP contribution in [0.1, 0.15) is 43.8 Å². The lowest BCUT2D eigenvalue weighted by Gasteiger charge is -2.19. The van der Waals surface area contributed by atoms with Gasteiger partial charge in [-0.25, -0.2) is 4.68 Å².